The molecule has 29 heavy (non-hydrogen) atoms. The van der Waals surface area contributed by atoms with Gasteiger partial charge in [0, 0.05) is 50.2 Å². The average Bonchev–Trinajstić information content (AvgIpc) is 2.78. The summed E-state index contributed by atoms with van der Waals surface area (Å²) >= 11 is 0. The van der Waals surface area contributed by atoms with Crippen LogP contribution >= 0.6 is 0 Å². The predicted octanol–water partition coefficient (Wildman–Crippen LogP) is 3.46. The fourth-order valence-electron chi connectivity index (χ4n) is 4.01. The van der Waals surface area contributed by atoms with Crippen LogP contribution in [0.3, 0.4) is 0 Å². The van der Waals surface area contributed by atoms with Crippen LogP contribution < -0.4 is 4.90 Å². The van der Waals surface area contributed by atoms with E-state index in [1.165, 1.54) is 10.8 Å². The van der Waals surface area contributed by atoms with Gasteiger partial charge in [-0.1, -0.05) is 55.5 Å². The second-order valence-corrected chi connectivity index (χ2v) is 7.62. The van der Waals surface area contributed by atoms with E-state index in [0.29, 0.717) is 6.42 Å². The lowest BCUT2D eigenvalue weighted by Gasteiger charge is -2.35. The van der Waals surface area contributed by atoms with Crippen molar-refractivity contribution in [2.45, 2.75) is 19.4 Å². The van der Waals surface area contributed by atoms with E-state index >= 15 is 0 Å². The minimum absolute atomic E-state index is 0.0240. The molecule has 1 saturated heterocycles. The van der Waals surface area contributed by atoms with Crippen LogP contribution in [0.5, 0.6) is 0 Å². The molecule has 1 aromatic heterocycles. The van der Waals surface area contributed by atoms with Gasteiger partial charge in [-0.05, 0) is 23.6 Å². The predicted molar refractivity (Wildman–Crippen MR) is 118 cm³/mol. The molecule has 5 nitrogen and oxygen atoms in total. The first-order valence-corrected chi connectivity index (χ1v) is 10.5. The first-order chi connectivity index (χ1) is 14.2. The van der Waals surface area contributed by atoms with Crippen molar-refractivity contribution >= 4 is 16.6 Å². The second-order valence-electron chi connectivity index (χ2n) is 7.62. The SMILES string of the molecule is CCN1CCN(c2nc(-c3ccc(C(O)CCO)cc3)cc3ccccc23)CC1. The number of nitrogens with zero attached hydrogens (tertiary/aromatic N) is 3. The Hall–Kier alpha value is -2.47. The van der Waals surface area contributed by atoms with Gasteiger partial charge in [-0.15, -0.1) is 0 Å². The Bertz CT molecular complexity index is 950. The van der Waals surface area contributed by atoms with E-state index in [4.69, 9.17) is 10.1 Å². The van der Waals surface area contributed by atoms with Gasteiger partial charge in [0.1, 0.15) is 5.82 Å². The zero-order valence-corrected chi connectivity index (χ0v) is 17.0. The number of aliphatic hydroxyl groups excluding tert-OH is 2. The summed E-state index contributed by atoms with van der Waals surface area (Å²) in [5.41, 5.74) is 2.79. The number of aromatic nitrogens is 1. The number of likely N-dealkylation sites (N-methyl/N-ethyl adjacent to an activating group) is 1. The van der Waals surface area contributed by atoms with E-state index in [1.54, 1.807) is 0 Å². The number of anilines is 1. The number of fused-ring (bicyclic) bond motifs is 1. The van der Waals surface area contributed by atoms with Gasteiger partial charge in [-0.25, -0.2) is 4.98 Å². The summed E-state index contributed by atoms with van der Waals surface area (Å²) in [7, 11) is 0. The number of rotatable bonds is 6. The van der Waals surface area contributed by atoms with Crippen molar-refractivity contribution < 1.29 is 10.2 Å². The molecule has 1 fully saturated rings. The molecule has 3 aromatic rings. The number of hydrogen-bond donors (Lipinski definition) is 2. The van der Waals surface area contributed by atoms with Crippen LogP contribution in [0.1, 0.15) is 25.0 Å². The molecule has 1 aliphatic heterocycles. The summed E-state index contributed by atoms with van der Waals surface area (Å²) in [6, 6.07) is 18.4. The third-order valence-electron chi connectivity index (χ3n) is 5.83. The highest BCUT2D eigenvalue weighted by Crippen LogP contribution is 2.31. The van der Waals surface area contributed by atoms with Gasteiger partial charge >= 0.3 is 0 Å². The molecule has 0 aliphatic carbocycles. The van der Waals surface area contributed by atoms with Crippen molar-refractivity contribution in [1.82, 2.24) is 9.88 Å². The molecule has 2 aromatic carbocycles. The molecule has 5 heteroatoms. The van der Waals surface area contributed by atoms with Crippen molar-refractivity contribution in [3.05, 3.63) is 60.2 Å². The van der Waals surface area contributed by atoms with Gasteiger partial charge in [0.2, 0.25) is 0 Å². The van der Waals surface area contributed by atoms with Crippen LogP contribution in [0.2, 0.25) is 0 Å². The van der Waals surface area contributed by atoms with Crippen LogP contribution in [0.15, 0.2) is 54.6 Å². The molecule has 0 spiro atoms. The Labute approximate surface area is 172 Å². The first kappa shape index (κ1) is 19.8. The average molecular weight is 392 g/mol. The van der Waals surface area contributed by atoms with E-state index in [1.807, 2.05) is 24.3 Å². The summed E-state index contributed by atoms with van der Waals surface area (Å²) in [6.07, 6.45) is -0.286. The van der Waals surface area contributed by atoms with E-state index in [9.17, 15) is 5.11 Å². The maximum atomic E-state index is 10.1. The first-order valence-electron chi connectivity index (χ1n) is 10.5. The number of hydrogen-bond acceptors (Lipinski definition) is 5. The zero-order valence-electron chi connectivity index (χ0n) is 17.0. The highest BCUT2D eigenvalue weighted by molar-refractivity contribution is 5.95. The van der Waals surface area contributed by atoms with Crippen LogP contribution in [0.25, 0.3) is 22.0 Å². The molecular formula is C24H29N3O2. The molecule has 0 radical (unpaired) electrons. The highest BCUT2D eigenvalue weighted by Gasteiger charge is 2.20. The maximum Gasteiger partial charge on any atom is 0.137 e. The Morgan fingerprint density at radius 1 is 1.00 bits per heavy atom. The van der Waals surface area contributed by atoms with Crippen LogP contribution in [0, 0.1) is 0 Å². The molecule has 1 aliphatic rings. The molecular weight excluding hydrogens is 362 g/mol. The van der Waals surface area contributed by atoms with Gasteiger partial charge in [0.15, 0.2) is 0 Å². The van der Waals surface area contributed by atoms with E-state index < -0.39 is 6.10 Å². The van der Waals surface area contributed by atoms with E-state index in [0.717, 1.165) is 55.4 Å². The largest absolute Gasteiger partial charge is 0.396 e. The quantitative estimate of drug-likeness (QED) is 0.674. The van der Waals surface area contributed by atoms with Crippen molar-refractivity contribution in [2.24, 2.45) is 0 Å². The van der Waals surface area contributed by atoms with Crippen molar-refractivity contribution in [3.63, 3.8) is 0 Å². The lowest BCUT2D eigenvalue weighted by Crippen LogP contribution is -2.46. The molecule has 2 N–H and O–H groups in total. The van der Waals surface area contributed by atoms with E-state index in [-0.39, 0.29) is 6.61 Å². The van der Waals surface area contributed by atoms with Crippen molar-refractivity contribution in [2.75, 3.05) is 44.2 Å². The molecule has 4 rings (SSSR count). The normalized spacial score (nSPS) is 16.3. The van der Waals surface area contributed by atoms with Crippen molar-refractivity contribution in [3.8, 4) is 11.3 Å². The number of benzene rings is 2. The van der Waals surface area contributed by atoms with Crippen LogP contribution in [-0.4, -0.2) is 59.4 Å². The highest BCUT2D eigenvalue weighted by atomic mass is 16.3. The van der Waals surface area contributed by atoms with Crippen LogP contribution in [0.4, 0.5) is 5.82 Å². The monoisotopic (exact) mass is 391 g/mol. The van der Waals surface area contributed by atoms with Gasteiger partial charge in [0.25, 0.3) is 0 Å². The summed E-state index contributed by atoms with van der Waals surface area (Å²) in [5, 5.41) is 21.5. The smallest absolute Gasteiger partial charge is 0.137 e. The topological polar surface area (TPSA) is 59.8 Å². The lowest BCUT2D eigenvalue weighted by atomic mass is 10.0. The zero-order chi connectivity index (χ0) is 20.2. The standard InChI is InChI=1S/C24H29N3O2/c1-2-26-12-14-27(15-13-26)24-21-6-4-3-5-20(21)17-22(25-24)18-7-9-19(10-8-18)23(29)11-16-28/h3-10,17,23,28-29H,2,11-16H2,1H3. The molecule has 0 amide bonds. The second kappa shape index (κ2) is 8.91. The van der Waals surface area contributed by atoms with E-state index in [2.05, 4.69) is 47.1 Å². The molecule has 1 unspecified atom stereocenters. The molecule has 152 valence electrons. The minimum Gasteiger partial charge on any atom is -0.396 e. The minimum atomic E-state index is -0.635. The van der Waals surface area contributed by atoms with Gasteiger partial charge in [-0.2, -0.15) is 0 Å². The Morgan fingerprint density at radius 2 is 1.72 bits per heavy atom. The summed E-state index contributed by atoms with van der Waals surface area (Å²) in [5.74, 6) is 1.05. The van der Waals surface area contributed by atoms with Gasteiger partial charge < -0.3 is 20.0 Å². The maximum absolute atomic E-state index is 10.1. The number of pyridine rings is 1. The Balaban J connectivity index is 1.69. The molecule has 0 bridgehead atoms. The molecule has 1 atom stereocenters. The molecule has 0 saturated carbocycles. The molecule has 2 heterocycles. The Kier molecular flexibility index (Phi) is 6.09. The fraction of sp³-hybridized carbons (Fsp3) is 0.375. The number of piperazine rings is 1. The lowest BCUT2D eigenvalue weighted by molar-refractivity contribution is 0.134. The summed E-state index contributed by atoms with van der Waals surface area (Å²) in [6.45, 7) is 7.38. The van der Waals surface area contributed by atoms with Gasteiger partial charge in [0.05, 0.1) is 11.8 Å². The fourth-order valence-corrected chi connectivity index (χ4v) is 4.01. The summed E-state index contributed by atoms with van der Waals surface area (Å²) in [4.78, 5) is 9.93. The summed E-state index contributed by atoms with van der Waals surface area (Å²) < 4.78 is 0. The van der Waals surface area contributed by atoms with Gasteiger partial charge in [-0.3, -0.25) is 0 Å². The third-order valence-corrected chi connectivity index (χ3v) is 5.83. The number of aliphatic hydroxyl groups is 2. The van der Waals surface area contributed by atoms with Crippen molar-refractivity contribution in [1.29, 1.82) is 0 Å². The Morgan fingerprint density at radius 3 is 2.41 bits per heavy atom. The van der Waals surface area contributed by atoms with Crippen LogP contribution in [-0.2, 0) is 0 Å². The third kappa shape index (κ3) is 4.27.